The molecule has 0 heterocycles. The third kappa shape index (κ3) is 3.72. The molecule has 0 unspecified atom stereocenters. The van der Waals surface area contributed by atoms with E-state index in [-0.39, 0.29) is 5.78 Å². The van der Waals surface area contributed by atoms with E-state index in [2.05, 4.69) is 0 Å². The molecule has 0 aromatic heterocycles. The topological polar surface area (TPSA) is 26.3 Å². The Bertz CT molecular complexity index is 592. The van der Waals surface area contributed by atoms with Crippen LogP contribution in [-0.2, 0) is 6.61 Å². The highest BCUT2D eigenvalue weighted by molar-refractivity contribution is 6.35. The summed E-state index contributed by atoms with van der Waals surface area (Å²) in [7, 11) is 0. The zero-order valence-electron chi connectivity index (χ0n) is 10.3. The standard InChI is InChI=1S/C15H12Cl2O2/c1-10(18)11-3-6-14(7-4-11)19-9-12-2-5-13(16)8-15(12)17/h2-8H,9H2,1H3. The SMILES string of the molecule is CC(=O)c1ccc(OCc2ccc(Cl)cc2Cl)cc1. The van der Waals surface area contributed by atoms with Crippen LogP contribution in [0.15, 0.2) is 42.5 Å². The normalized spacial score (nSPS) is 10.3. The molecule has 98 valence electrons. The predicted octanol–water partition coefficient (Wildman–Crippen LogP) is 4.78. The fourth-order valence-corrected chi connectivity index (χ4v) is 2.05. The number of ketones is 1. The van der Waals surface area contributed by atoms with Crippen molar-refractivity contribution >= 4 is 29.0 Å². The minimum absolute atomic E-state index is 0.0345. The van der Waals surface area contributed by atoms with Gasteiger partial charge in [0.25, 0.3) is 0 Å². The van der Waals surface area contributed by atoms with Crippen LogP contribution in [0.4, 0.5) is 0 Å². The highest BCUT2D eigenvalue weighted by Gasteiger charge is 2.03. The van der Waals surface area contributed by atoms with Crippen molar-refractivity contribution in [3.05, 3.63) is 63.6 Å². The summed E-state index contributed by atoms with van der Waals surface area (Å²) in [6.07, 6.45) is 0. The molecule has 0 fully saturated rings. The maximum atomic E-state index is 11.1. The van der Waals surface area contributed by atoms with Gasteiger partial charge in [-0.25, -0.2) is 0 Å². The molecule has 0 aliphatic rings. The van der Waals surface area contributed by atoms with Gasteiger partial charge in [-0.2, -0.15) is 0 Å². The molecule has 0 radical (unpaired) electrons. The molecule has 4 heteroatoms. The first-order valence-electron chi connectivity index (χ1n) is 5.74. The number of carbonyl (C=O) groups excluding carboxylic acids is 1. The Balaban J connectivity index is 2.04. The second-order valence-electron chi connectivity index (χ2n) is 4.10. The van der Waals surface area contributed by atoms with E-state index in [1.807, 2.05) is 6.07 Å². The van der Waals surface area contributed by atoms with Crippen LogP contribution < -0.4 is 4.74 Å². The van der Waals surface area contributed by atoms with E-state index in [1.54, 1.807) is 36.4 Å². The second-order valence-corrected chi connectivity index (χ2v) is 4.95. The minimum Gasteiger partial charge on any atom is -0.489 e. The summed E-state index contributed by atoms with van der Waals surface area (Å²) in [5, 5.41) is 1.17. The van der Waals surface area contributed by atoms with E-state index in [0.29, 0.717) is 28.0 Å². The molecule has 0 aliphatic heterocycles. The molecule has 0 spiro atoms. The predicted molar refractivity (Wildman–Crippen MR) is 77.2 cm³/mol. The Kier molecular flexibility index (Phi) is 4.46. The van der Waals surface area contributed by atoms with Gasteiger partial charge in [0.05, 0.1) is 0 Å². The van der Waals surface area contributed by atoms with Crippen LogP contribution in [0.5, 0.6) is 5.75 Å². The van der Waals surface area contributed by atoms with Crippen molar-refractivity contribution < 1.29 is 9.53 Å². The summed E-state index contributed by atoms with van der Waals surface area (Å²) in [5.74, 6) is 0.725. The first-order chi connectivity index (χ1) is 9.06. The molecule has 2 aromatic carbocycles. The van der Waals surface area contributed by atoms with E-state index < -0.39 is 0 Å². The summed E-state index contributed by atoms with van der Waals surface area (Å²) in [4.78, 5) is 11.1. The van der Waals surface area contributed by atoms with Crippen molar-refractivity contribution in [1.82, 2.24) is 0 Å². The number of Topliss-reactive ketones (excluding diaryl/α,β-unsaturated/α-hetero) is 1. The molecule has 2 rings (SSSR count). The third-order valence-corrected chi connectivity index (χ3v) is 3.26. The van der Waals surface area contributed by atoms with Gasteiger partial charge in [0, 0.05) is 21.2 Å². The third-order valence-electron chi connectivity index (χ3n) is 2.67. The number of hydrogen-bond donors (Lipinski definition) is 0. The smallest absolute Gasteiger partial charge is 0.159 e. The molecule has 2 aromatic rings. The van der Waals surface area contributed by atoms with Crippen LogP contribution in [0.1, 0.15) is 22.8 Å². The Morgan fingerprint density at radius 3 is 2.37 bits per heavy atom. The molecule has 0 aliphatic carbocycles. The lowest BCUT2D eigenvalue weighted by Crippen LogP contribution is -1.97. The number of halogens is 2. The van der Waals surface area contributed by atoms with Crippen LogP contribution in [0.2, 0.25) is 10.0 Å². The van der Waals surface area contributed by atoms with Crippen LogP contribution in [0.25, 0.3) is 0 Å². The summed E-state index contributed by atoms with van der Waals surface area (Å²) in [5.41, 5.74) is 1.53. The van der Waals surface area contributed by atoms with E-state index in [9.17, 15) is 4.79 Å². The van der Waals surface area contributed by atoms with Crippen LogP contribution in [-0.4, -0.2) is 5.78 Å². The molecule has 0 atom stereocenters. The van der Waals surface area contributed by atoms with Crippen molar-refractivity contribution in [2.75, 3.05) is 0 Å². The van der Waals surface area contributed by atoms with E-state index >= 15 is 0 Å². The summed E-state index contributed by atoms with van der Waals surface area (Å²) >= 11 is 11.9. The van der Waals surface area contributed by atoms with Gasteiger partial charge in [0.1, 0.15) is 12.4 Å². The molecule has 0 bridgehead atoms. The molecule has 0 amide bonds. The van der Waals surface area contributed by atoms with Crippen molar-refractivity contribution in [2.24, 2.45) is 0 Å². The molecule has 0 saturated carbocycles. The van der Waals surface area contributed by atoms with E-state index in [0.717, 1.165) is 5.56 Å². The van der Waals surface area contributed by atoms with E-state index in [4.69, 9.17) is 27.9 Å². The number of ether oxygens (including phenoxy) is 1. The fourth-order valence-electron chi connectivity index (χ4n) is 1.59. The Morgan fingerprint density at radius 1 is 1.11 bits per heavy atom. The fraction of sp³-hybridized carbons (Fsp3) is 0.133. The maximum absolute atomic E-state index is 11.1. The number of rotatable bonds is 4. The zero-order valence-corrected chi connectivity index (χ0v) is 11.8. The first-order valence-corrected chi connectivity index (χ1v) is 6.49. The molecule has 0 N–H and O–H groups in total. The lowest BCUT2D eigenvalue weighted by atomic mass is 10.1. The Morgan fingerprint density at radius 2 is 1.79 bits per heavy atom. The van der Waals surface area contributed by atoms with Crippen molar-refractivity contribution in [3.8, 4) is 5.75 Å². The largest absolute Gasteiger partial charge is 0.489 e. The second kappa shape index (κ2) is 6.09. The highest BCUT2D eigenvalue weighted by Crippen LogP contribution is 2.22. The molecule has 2 nitrogen and oxygen atoms in total. The van der Waals surface area contributed by atoms with Crippen molar-refractivity contribution in [3.63, 3.8) is 0 Å². The number of hydrogen-bond acceptors (Lipinski definition) is 2. The lowest BCUT2D eigenvalue weighted by Gasteiger charge is -2.08. The Hall–Kier alpha value is -1.51. The quantitative estimate of drug-likeness (QED) is 0.759. The van der Waals surface area contributed by atoms with Gasteiger partial charge in [0.15, 0.2) is 5.78 Å². The van der Waals surface area contributed by atoms with E-state index in [1.165, 1.54) is 6.92 Å². The molecular weight excluding hydrogens is 283 g/mol. The number of benzene rings is 2. The Labute approximate surface area is 121 Å². The van der Waals surface area contributed by atoms with Crippen LogP contribution in [0.3, 0.4) is 0 Å². The van der Waals surface area contributed by atoms with Crippen molar-refractivity contribution in [2.45, 2.75) is 13.5 Å². The zero-order chi connectivity index (χ0) is 13.8. The van der Waals surface area contributed by atoms with Gasteiger partial charge in [0.2, 0.25) is 0 Å². The first kappa shape index (κ1) is 13.9. The maximum Gasteiger partial charge on any atom is 0.159 e. The van der Waals surface area contributed by atoms with Crippen LogP contribution in [0, 0.1) is 0 Å². The van der Waals surface area contributed by atoms with Gasteiger partial charge < -0.3 is 4.74 Å². The summed E-state index contributed by atoms with van der Waals surface area (Å²) in [6, 6.07) is 12.3. The summed E-state index contributed by atoms with van der Waals surface area (Å²) in [6.45, 7) is 1.89. The molecule has 19 heavy (non-hydrogen) atoms. The van der Waals surface area contributed by atoms with Gasteiger partial charge in [-0.05, 0) is 43.3 Å². The van der Waals surface area contributed by atoms with Gasteiger partial charge in [-0.3, -0.25) is 4.79 Å². The van der Waals surface area contributed by atoms with Crippen molar-refractivity contribution in [1.29, 1.82) is 0 Å². The number of carbonyl (C=O) groups is 1. The monoisotopic (exact) mass is 294 g/mol. The summed E-state index contributed by atoms with van der Waals surface area (Å²) < 4.78 is 5.61. The average molecular weight is 295 g/mol. The van der Waals surface area contributed by atoms with Gasteiger partial charge in [-0.1, -0.05) is 29.3 Å². The van der Waals surface area contributed by atoms with Gasteiger partial charge in [-0.15, -0.1) is 0 Å². The molecule has 0 saturated heterocycles. The minimum atomic E-state index is 0.0345. The van der Waals surface area contributed by atoms with Crippen LogP contribution >= 0.6 is 23.2 Å². The average Bonchev–Trinajstić information content (AvgIpc) is 2.38. The lowest BCUT2D eigenvalue weighted by molar-refractivity contribution is 0.101. The van der Waals surface area contributed by atoms with Gasteiger partial charge >= 0.3 is 0 Å². The molecular formula is C15H12Cl2O2. The highest BCUT2D eigenvalue weighted by atomic mass is 35.5.